The Labute approximate surface area is 130 Å². The number of aryl methyl sites for hydroxylation is 1. The highest BCUT2D eigenvalue weighted by molar-refractivity contribution is 5.76. The molecule has 2 N–H and O–H groups in total. The first-order chi connectivity index (χ1) is 10.6. The Morgan fingerprint density at radius 2 is 2.05 bits per heavy atom. The van der Waals surface area contributed by atoms with Crippen LogP contribution in [0.2, 0.25) is 0 Å². The van der Waals surface area contributed by atoms with E-state index in [1.165, 1.54) is 5.56 Å². The standard InChI is InChI=1S/C18H22N2O2/c1-13-4-9-17(22-13)15-7-5-14(6-8-15)11-20-10-2-3-16(12-20)18(19)21/h4-9,16H,2-3,10-12H2,1H3,(H2,19,21). The van der Waals surface area contributed by atoms with E-state index in [9.17, 15) is 4.79 Å². The summed E-state index contributed by atoms with van der Waals surface area (Å²) in [6.07, 6.45) is 1.96. The number of nitrogens with zero attached hydrogens (tertiary/aromatic N) is 1. The zero-order valence-corrected chi connectivity index (χ0v) is 12.9. The molecule has 1 amide bonds. The number of piperidine rings is 1. The summed E-state index contributed by atoms with van der Waals surface area (Å²) in [5.41, 5.74) is 7.77. The van der Waals surface area contributed by atoms with Crippen LogP contribution in [-0.4, -0.2) is 23.9 Å². The molecule has 0 saturated carbocycles. The Morgan fingerprint density at radius 1 is 1.27 bits per heavy atom. The first-order valence-corrected chi connectivity index (χ1v) is 7.79. The first kappa shape index (κ1) is 14.9. The average Bonchev–Trinajstić information content (AvgIpc) is 2.95. The smallest absolute Gasteiger partial charge is 0.221 e. The van der Waals surface area contributed by atoms with E-state index in [2.05, 4.69) is 29.2 Å². The molecule has 4 nitrogen and oxygen atoms in total. The third-order valence-corrected chi connectivity index (χ3v) is 4.29. The van der Waals surface area contributed by atoms with Gasteiger partial charge in [0.2, 0.25) is 5.91 Å². The van der Waals surface area contributed by atoms with Crippen LogP contribution in [0.4, 0.5) is 0 Å². The highest BCUT2D eigenvalue weighted by Crippen LogP contribution is 2.23. The summed E-state index contributed by atoms with van der Waals surface area (Å²) in [7, 11) is 0. The molecule has 116 valence electrons. The van der Waals surface area contributed by atoms with Crippen molar-refractivity contribution in [2.75, 3.05) is 13.1 Å². The fraction of sp³-hybridized carbons (Fsp3) is 0.389. The van der Waals surface area contributed by atoms with Gasteiger partial charge in [0.05, 0.1) is 5.92 Å². The van der Waals surface area contributed by atoms with Gasteiger partial charge < -0.3 is 10.2 Å². The summed E-state index contributed by atoms with van der Waals surface area (Å²) >= 11 is 0. The molecule has 0 bridgehead atoms. The van der Waals surface area contributed by atoms with E-state index < -0.39 is 0 Å². The Bertz CT molecular complexity index is 645. The second-order valence-electron chi connectivity index (χ2n) is 6.08. The van der Waals surface area contributed by atoms with Crippen molar-refractivity contribution in [1.82, 2.24) is 4.90 Å². The number of nitrogens with two attached hydrogens (primary N) is 1. The number of carbonyl (C=O) groups is 1. The molecule has 1 atom stereocenters. The number of furan rings is 1. The normalized spacial score (nSPS) is 19.2. The van der Waals surface area contributed by atoms with E-state index in [0.717, 1.165) is 49.6 Å². The maximum atomic E-state index is 11.3. The van der Waals surface area contributed by atoms with E-state index in [-0.39, 0.29) is 11.8 Å². The minimum atomic E-state index is -0.173. The highest BCUT2D eigenvalue weighted by Gasteiger charge is 2.23. The van der Waals surface area contributed by atoms with Gasteiger partial charge in [0.15, 0.2) is 0 Å². The van der Waals surface area contributed by atoms with E-state index in [4.69, 9.17) is 10.2 Å². The van der Waals surface area contributed by atoms with Crippen LogP contribution in [0.25, 0.3) is 11.3 Å². The van der Waals surface area contributed by atoms with Crippen LogP contribution >= 0.6 is 0 Å². The third kappa shape index (κ3) is 3.39. The van der Waals surface area contributed by atoms with E-state index in [1.54, 1.807) is 0 Å². The number of hydrogen-bond donors (Lipinski definition) is 1. The summed E-state index contributed by atoms with van der Waals surface area (Å²) in [6, 6.07) is 12.4. The molecule has 1 aliphatic heterocycles. The molecule has 1 saturated heterocycles. The largest absolute Gasteiger partial charge is 0.461 e. The van der Waals surface area contributed by atoms with Crippen molar-refractivity contribution >= 4 is 5.91 Å². The Balaban J connectivity index is 1.65. The molecule has 2 aromatic rings. The van der Waals surface area contributed by atoms with Crippen LogP contribution in [0.15, 0.2) is 40.8 Å². The molecule has 1 aromatic heterocycles. The lowest BCUT2D eigenvalue weighted by molar-refractivity contribution is -0.123. The van der Waals surface area contributed by atoms with Gasteiger partial charge >= 0.3 is 0 Å². The van der Waals surface area contributed by atoms with Gasteiger partial charge in [-0.15, -0.1) is 0 Å². The van der Waals surface area contributed by atoms with Crippen molar-refractivity contribution < 1.29 is 9.21 Å². The molecule has 1 aliphatic rings. The summed E-state index contributed by atoms with van der Waals surface area (Å²) < 4.78 is 5.64. The van der Waals surface area contributed by atoms with Crippen molar-refractivity contribution in [1.29, 1.82) is 0 Å². The van der Waals surface area contributed by atoms with Crippen LogP contribution in [0.3, 0.4) is 0 Å². The topological polar surface area (TPSA) is 59.5 Å². The number of primary amides is 1. The summed E-state index contributed by atoms with van der Waals surface area (Å²) in [4.78, 5) is 13.7. The van der Waals surface area contributed by atoms with Gasteiger partial charge in [-0.25, -0.2) is 0 Å². The predicted octanol–water partition coefficient (Wildman–Crippen LogP) is 2.95. The lowest BCUT2D eigenvalue weighted by Crippen LogP contribution is -2.40. The third-order valence-electron chi connectivity index (χ3n) is 4.29. The molecule has 1 unspecified atom stereocenters. The molecule has 1 fully saturated rings. The molecular formula is C18H22N2O2. The Morgan fingerprint density at radius 3 is 2.68 bits per heavy atom. The molecule has 22 heavy (non-hydrogen) atoms. The number of benzene rings is 1. The molecule has 1 aromatic carbocycles. The molecule has 0 spiro atoms. The average molecular weight is 298 g/mol. The molecule has 2 heterocycles. The second kappa shape index (κ2) is 6.36. The fourth-order valence-electron chi connectivity index (χ4n) is 3.05. The van der Waals surface area contributed by atoms with Gasteiger partial charge in [-0.1, -0.05) is 24.3 Å². The van der Waals surface area contributed by atoms with Gasteiger partial charge in [-0.05, 0) is 44.0 Å². The molecule has 3 rings (SSSR count). The lowest BCUT2D eigenvalue weighted by atomic mass is 9.97. The second-order valence-corrected chi connectivity index (χ2v) is 6.08. The van der Waals surface area contributed by atoms with Crippen molar-refractivity contribution in [2.24, 2.45) is 11.7 Å². The molecular weight excluding hydrogens is 276 g/mol. The number of rotatable bonds is 4. The number of carbonyl (C=O) groups excluding carboxylic acids is 1. The minimum absolute atomic E-state index is 0.000817. The fourth-order valence-corrected chi connectivity index (χ4v) is 3.05. The van der Waals surface area contributed by atoms with Crippen LogP contribution < -0.4 is 5.73 Å². The van der Waals surface area contributed by atoms with Crippen molar-refractivity contribution in [3.05, 3.63) is 47.7 Å². The maximum Gasteiger partial charge on any atom is 0.221 e. The maximum absolute atomic E-state index is 11.3. The lowest BCUT2D eigenvalue weighted by Gasteiger charge is -2.31. The monoisotopic (exact) mass is 298 g/mol. The van der Waals surface area contributed by atoms with Crippen LogP contribution in [0.1, 0.15) is 24.2 Å². The van der Waals surface area contributed by atoms with Gasteiger partial charge in [0.1, 0.15) is 11.5 Å². The number of hydrogen-bond acceptors (Lipinski definition) is 3. The summed E-state index contributed by atoms with van der Waals surface area (Å²) in [6.45, 7) is 4.61. The zero-order valence-electron chi connectivity index (χ0n) is 12.9. The van der Waals surface area contributed by atoms with Gasteiger partial charge in [-0.3, -0.25) is 9.69 Å². The van der Waals surface area contributed by atoms with Gasteiger partial charge in [0.25, 0.3) is 0 Å². The zero-order chi connectivity index (χ0) is 15.5. The summed E-state index contributed by atoms with van der Waals surface area (Å²) in [5, 5.41) is 0. The molecule has 4 heteroatoms. The van der Waals surface area contributed by atoms with Gasteiger partial charge in [-0.2, -0.15) is 0 Å². The van der Waals surface area contributed by atoms with Crippen molar-refractivity contribution in [3.63, 3.8) is 0 Å². The van der Waals surface area contributed by atoms with Crippen LogP contribution in [0.5, 0.6) is 0 Å². The minimum Gasteiger partial charge on any atom is -0.461 e. The molecule has 0 radical (unpaired) electrons. The number of amides is 1. The first-order valence-electron chi connectivity index (χ1n) is 7.79. The van der Waals surface area contributed by atoms with Gasteiger partial charge in [0, 0.05) is 18.7 Å². The van der Waals surface area contributed by atoms with Crippen LogP contribution in [-0.2, 0) is 11.3 Å². The molecule has 0 aliphatic carbocycles. The summed E-state index contributed by atoms with van der Waals surface area (Å²) in [5.74, 6) is 1.65. The quantitative estimate of drug-likeness (QED) is 0.944. The predicted molar refractivity (Wildman–Crippen MR) is 86.1 cm³/mol. The van der Waals surface area contributed by atoms with E-state index in [0.29, 0.717) is 0 Å². The van der Waals surface area contributed by atoms with Crippen LogP contribution in [0, 0.1) is 12.8 Å². The Hall–Kier alpha value is -2.07. The highest BCUT2D eigenvalue weighted by atomic mass is 16.3. The Kier molecular flexibility index (Phi) is 4.29. The SMILES string of the molecule is Cc1ccc(-c2ccc(CN3CCCC(C(N)=O)C3)cc2)o1. The number of likely N-dealkylation sites (tertiary alicyclic amines) is 1. The van der Waals surface area contributed by atoms with E-state index in [1.807, 2.05) is 19.1 Å². The van der Waals surface area contributed by atoms with E-state index >= 15 is 0 Å². The van der Waals surface area contributed by atoms with Crippen molar-refractivity contribution in [3.8, 4) is 11.3 Å². The van der Waals surface area contributed by atoms with Crippen molar-refractivity contribution in [2.45, 2.75) is 26.3 Å².